The number of nitrogens with one attached hydrogen (secondary N) is 1. The summed E-state index contributed by atoms with van der Waals surface area (Å²) in [4.78, 5) is 24.8. The van der Waals surface area contributed by atoms with E-state index in [9.17, 15) is 9.59 Å². The molecule has 0 aromatic heterocycles. The Morgan fingerprint density at radius 2 is 1.64 bits per heavy atom. The van der Waals surface area contributed by atoms with Gasteiger partial charge in [0.2, 0.25) is 0 Å². The minimum atomic E-state index is -0.318. The molecule has 1 aliphatic rings. The Kier molecular flexibility index (Phi) is 6.53. The van der Waals surface area contributed by atoms with Crippen molar-refractivity contribution in [2.75, 3.05) is 19.5 Å². The summed E-state index contributed by atoms with van der Waals surface area (Å²) in [5, 5.41) is 2.81. The third-order valence-corrected chi connectivity index (χ3v) is 4.86. The highest BCUT2D eigenvalue weighted by Crippen LogP contribution is 2.26. The number of carbonyl (C=O) groups excluding carboxylic acids is 2. The van der Waals surface area contributed by atoms with Gasteiger partial charge in [-0.1, -0.05) is 6.42 Å². The van der Waals surface area contributed by atoms with Crippen LogP contribution in [0.1, 0.15) is 52.8 Å². The van der Waals surface area contributed by atoms with Gasteiger partial charge in [0.05, 0.1) is 25.3 Å². The van der Waals surface area contributed by atoms with Crippen molar-refractivity contribution < 1.29 is 23.8 Å². The Morgan fingerprint density at radius 3 is 2.29 bits per heavy atom. The van der Waals surface area contributed by atoms with E-state index in [-0.39, 0.29) is 18.0 Å². The number of esters is 1. The van der Waals surface area contributed by atoms with Crippen molar-refractivity contribution in [2.45, 2.75) is 38.2 Å². The summed E-state index contributed by atoms with van der Waals surface area (Å²) in [7, 11) is 3.05. The third-order valence-electron chi connectivity index (χ3n) is 4.86. The SMILES string of the molecule is COc1ccc(C(=O)Nc2ccc(C(=O)OC3CCCCC3)cc2)c(OC)c1. The van der Waals surface area contributed by atoms with E-state index < -0.39 is 0 Å². The highest BCUT2D eigenvalue weighted by molar-refractivity contribution is 6.06. The molecule has 148 valence electrons. The first-order chi connectivity index (χ1) is 13.6. The number of hydrogen-bond donors (Lipinski definition) is 1. The molecule has 0 heterocycles. The summed E-state index contributed by atoms with van der Waals surface area (Å²) in [6.07, 6.45) is 5.31. The van der Waals surface area contributed by atoms with E-state index in [1.807, 2.05) is 0 Å². The van der Waals surface area contributed by atoms with Gasteiger partial charge in [0.1, 0.15) is 17.6 Å². The fourth-order valence-corrected chi connectivity index (χ4v) is 3.28. The van der Waals surface area contributed by atoms with E-state index in [4.69, 9.17) is 14.2 Å². The molecule has 1 amide bonds. The smallest absolute Gasteiger partial charge is 0.338 e. The fraction of sp³-hybridized carbons (Fsp3) is 0.364. The van der Waals surface area contributed by atoms with Crippen LogP contribution in [-0.2, 0) is 4.74 Å². The summed E-state index contributed by atoms with van der Waals surface area (Å²) in [6.45, 7) is 0. The van der Waals surface area contributed by atoms with Crippen LogP contribution < -0.4 is 14.8 Å². The Balaban J connectivity index is 1.63. The molecule has 2 aromatic rings. The lowest BCUT2D eigenvalue weighted by Gasteiger charge is -2.21. The predicted molar refractivity (Wildman–Crippen MR) is 106 cm³/mol. The number of ether oxygens (including phenoxy) is 3. The fourth-order valence-electron chi connectivity index (χ4n) is 3.28. The van der Waals surface area contributed by atoms with Gasteiger partial charge in [-0.15, -0.1) is 0 Å². The van der Waals surface area contributed by atoms with Gasteiger partial charge < -0.3 is 19.5 Å². The van der Waals surface area contributed by atoms with Gasteiger partial charge in [-0.2, -0.15) is 0 Å². The van der Waals surface area contributed by atoms with E-state index in [1.54, 1.807) is 49.6 Å². The van der Waals surface area contributed by atoms with Crippen LogP contribution in [0.5, 0.6) is 11.5 Å². The lowest BCUT2D eigenvalue weighted by atomic mass is 9.98. The van der Waals surface area contributed by atoms with Crippen molar-refractivity contribution in [3.63, 3.8) is 0 Å². The van der Waals surface area contributed by atoms with E-state index >= 15 is 0 Å². The van der Waals surface area contributed by atoms with Gasteiger partial charge in [0.25, 0.3) is 5.91 Å². The van der Waals surface area contributed by atoms with Crippen LogP contribution in [0.3, 0.4) is 0 Å². The molecule has 0 atom stereocenters. The molecule has 1 aliphatic carbocycles. The summed E-state index contributed by atoms with van der Waals surface area (Å²) in [6, 6.07) is 11.7. The van der Waals surface area contributed by atoms with Crippen LogP contribution in [0.15, 0.2) is 42.5 Å². The second-order valence-corrected chi connectivity index (χ2v) is 6.76. The normalized spacial score (nSPS) is 14.2. The van der Waals surface area contributed by atoms with E-state index in [2.05, 4.69) is 5.32 Å². The minimum Gasteiger partial charge on any atom is -0.497 e. The number of hydrogen-bond acceptors (Lipinski definition) is 5. The molecule has 0 spiro atoms. The monoisotopic (exact) mass is 383 g/mol. The van der Waals surface area contributed by atoms with Crippen LogP contribution in [0.2, 0.25) is 0 Å². The highest BCUT2D eigenvalue weighted by Gasteiger charge is 2.19. The van der Waals surface area contributed by atoms with Crippen molar-refractivity contribution in [3.05, 3.63) is 53.6 Å². The van der Waals surface area contributed by atoms with Crippen LogP contribution in [0, 0.1) is 0 Å². The second kappa shape index (κ2) is 9.26. The van der Waals surface area contributed by atoms with E-state index in [1.165, 1.54) is 13.5 Å². The third kappa shape index (κ3) is 4.82. The van der Waals surface area contributed by atoms with Gasteiger partial charge in [-0.3, -0.25) is 4.79 Å². The standard InChI is InChI=1S/C22H25NO5/c1-26-18-12-13-19(20(14-18)27-2)21(24)23-16-10-8-15(9-11-16)22(25)28-17-6-4-3-5-7-17/h8-14,17H,3-7H2,1-2H3,(H,23,24). The molecule has 6 heteroatoms. The molecule has 1 N–H and O–H groups in total. The maximum absolute atomic E-state index is 12.6. The topological polar surface area (TPSA) is 73.9 Å². The Labute approximate surface area is 164 Å². The van der Waals surface area contributed by atoms with Gasteiger partial charge in [0.15, 0.2) is 0 Å². The Bertz CT molecular complexity index is 825. The highest BCUT2D eigenvalue weighted by atomic mass is 16.5. The van der Waals surface area contributed by atoms with Crippen LogP contribution >= 0.6 is 0 Å². The molecule has 2 aromatic carbocycles. The second-order valence-electron chi connectivity index (χ2n) is 6.76. The van der Waals surface area contributed by atoms with Crippen LogP contribution in [0.4, 0.5) is 5.69 Å². The maximum Gasteiger partial charge on any atom is 0.338 e. The molecule has 28 heavy (non-hydrogen) atoms. The lowest BCUT2D eigenvalue weighted by Crippen LogP contribution is -2.21. The van der Waals surface area contributed by atoms with Gasteiger partial charge in [-0.05, 0) is 62.1 Å². The van der Waals surface area contributed by atoms with Crippen LogP contribution in [-0.4, -0.2) is 32.2 Å². The molecule has 1 saturated carbocycles. The predicted octanol–water partition coefficient (Wildman–Crippen LogP) is 4.45. The first kappa shape index (κ1) is 19.7. The zero-order valence-electron chi connectivity index (χ0n) is 16.2. The molecule has 0 radical (unpaired) electrons. The number of benzene rings is 2. The average Bonchev–Trinajstić information content (AvgIpc) is 2.74. The van der Waals surface area contributed by atoms with Crippen molar-refractivity contribution >= 4 is 17.6 Å². The van der Waals surface area contributed by atoms with Gasteiger partial charge >= 0.3 is 5.97 Å². The summed E-state index contributed by atoms with van der Waals surface area (Å²) in [5.41, 5.74) is 1.45. The zero-order chi connectivity index (χ0) is 19.9. The Hall–Kier alpha value is -3.02. The first-order valence-corrected chi connectivity index (χ1v) is 9.45. The molecule has 0 saturated heterocycles. The molecule has 6 nitrogen and oxygen atoms in total. The van der Waals surface area contributed by atoms with Gasteiger partial charge in [0, 0.05) is 11.8 Å². The number of anilines is 1. The molecule has 3 rings (SSSR count). The van der Waals surface area contributed by atoms with E-state index in [0.29, 0.717) is 28.3 Å². The molecule has 0 unspecified atom stereocenters. The number of methoxy groups -OCH3 is 2. The Morgan fingerprint density at radius 1 is 0.929 bits per heavy atom. The molecular weight excluding hydrogens is 358 g/mol. The largest absolute Gasteiger partial charge is 0.497 e. The zero-order valence-corrected chi connectivity index (χ0v) is 16.2. The summed E-state index contributed by atoms with van der Waals surface area (Å²) < 4.78 is 16.0. The number of carbonyl (C=O) groups is 2. The average molecular weight is 383 g/mol. The van der Waals surface area contributed by atoms with Crippen LogP contribution in [0.25, 0.3) is 0 Å². The van der Waals surface area contributed by atoms with Crippen molar-refractivity contribution in [1.82, 2.24) is 0 Å². The summed E-state index contributed by atoms with van der Waals surface area (Å²) >= 11 is 0. The molecule has 1 fully saturated rings. The molecule has 0 bridgehead atoms. The number of rotatable bonds is 6. The first-order valence-electron chi connectivity index (χ1n) is 9.45. The number of amides is 1. The molecular formula is C22H25NO5. The van der Waals surface area contributed by atoms with Crippen molar-refractivity contribution in [3.8, 4) is 11.5 Å². The lowest BCUT2D eigenvalue weighted by molar-refractivity contribution is 0.0211. The maximum atomic E-state index is 12.6. The van der Waals surface area contributed by atoms with E-state index in [0.717, 1.165) is 25.7 Å². The minimum absolute atomic E-state index is 0.0168. The molecule has 0 aliphatic heterocycles. The van der Waals surface area contributed by atoms with Gasteiger partial charge in [-0.25, -0.2) is 4.79 Å². The van der Waals surface area contributed by atoms with Crippen molar-refractivity contribution in [1.29, 1.82) is 0 Å². The van der Waals surface area contributed by atoms with Crippen molar-refractivity contribution in [2.24, 2.45) is 0 Å². The quantitative estimate of drug-likeness (QED) is 0.746. The summed E-state index contributed by atoms with van der Waals surface area (Å²) in [5.74, 6) is 0.400.